The maximum atomic E-state index is 12.9. The number of anilines is 2. The summed E-state index contributed by atoms with van der Waals surface area (Å²) in [6, 6.07) is 16.2. The molecule has 0 amide bonds. The van der Waals surface area contributed by atoms with Crippen molar-refractivity contribution in [1.82, 2.24) is 0 Å². The third-order valence-electron chi connectivity index (χ3n) is 5.21. The average molecular weight is 487 g/mol. The highest BCUT2D eigenvalue weighted by atomic mass is 32.2. The Bertz CT molecular complexity index is 1320. The van der Waals surface area contributed by atoms with Crippen molar-refractivity contribution in [2.45, 2.75) is 50.8 Å². The molecule has 0 atom stereocenters. The molecule has 3 rings (SSSR count). The van der Waals surface area contributed by atoms with Crippen LogP contribution in [0.1, 0.15) is 36.1 Å². The SMILES string of the molecule is Cc1cc(C)c(NS(=O)(=O)c2ccc(NS(=O)(=O)c3ccc(CC(C)C)cc3)cc2)c(C)c1. The summed E-state index contributed by atoms with van der Waals surface area (Å²) in [6.07, 6.45) is 0.874. The zero-order chi connectivity index (χ0) is 24.4. The zero-order valence-electron chi connectivity index (χ0n) is 19.5. The van der Waals surface area contributed by atoms with Crippen molar-refractivity contribution >= 4 is 31.4 Å². The first-order chi connectivity index (χ1) is 15.4. The molecule has 0 bridgehead atoms. The molecule has 2 N–H and O–H groups in total. The van der Waals surface area contributed by atoms with E-state index in [0.717, 1.165) is 28.7 Å². The molecule has 3 aromatic rings. The Morgan fingerprint density at radius 2 is 1.15 bits per heavy atom. The molecule has 33 heavy (non-hydrogen) atoms. The standard InChI is InChI=1S/C25H30N2O4S2/c1-17(2)14-21-6-10-23(11-7-21)32(28,29)26-22-8-12-24(13-9-22)33(30,31)27-25-19(4)15-18(3)16-20(25)5/h6-13,15-17,26-27H,14H2,1-5H3. The molecule has 0 aromatic heterocycles. The first kappa shape index (κ1) is 24.8. The number of nitrogens with one attached hydrogen (secondary N) is 2. The van der Waals surface area contributed by atoms with Crippen LogP contribution in [0.2, 0.25) is 0 Å². The van der Waals surface area contributed by atoms with Crippen molar-refractivity contribution in [3.05, 3.63) is 82.9 Å². The molecule has 8 heteroatoms. The van der Waals surface area contributed by atoms with Gasteiger partial charge >= 0.3 is 0 Å². The minimum Gasteiger partial charge on any atom is -0.280 e. The smallest absolute Gasteiger partial charge is 0.261 e. The predicted molar refractivity (Wildman–Crippen MR) is 134 cm³/mol. The van der Waals surface area contributed by atoms with E-state index in [1.165, 1.54) is 24.3 Å². The lowest BCUT2D eigenvalue weighted by molar-refractivity contribution is 0.600. The van der Waals surface area contributed by atoms with Gasteiger partial charge in [0, 0.05) is 5.69 Å². The van der Waals surface area contributed by atoms with Crippen LogP contribution >= 0.6 is 0 Å². The highest BCUT2D eigenvalue weighted by Gasteiger charge is 2.18. The molecule has 0 fully saturated rings. The van der Waals surface area contributed by atoms with Crippen LogP contribution in [0.3, 0.4) is 0 Å². The summed E-state index contributed by atoms with van der Waals surface area (Å²) in [7, 11) is -7.61. The number of rotatable bonds is 8. The second-order valence-corrected chi connectivity index (χ2v) is 12.1. The Morgan fingerprint density at radius 3 is 1.64 bits per heavy atom. The number of sulfonamides is 2. The van der Waals surface area contributed by atoms with Crippen molar-refractivity contribution < 1.29 is 16.8 Å². The third kappa shape index (κ3) is 6.15. The molecule has 0 saturated carbocycles. The minimum absolute atomic E-state index is 0.0443. The van der Waals surface area contributed by atoms with Crippen molar-refractivity contribution in [3.8, 4) is 0 Å². The van der Waals surface area contributed by atoms with Gasteiger partial charge in [0.2, 0.25) is 0 Å². The molecule has 0 spiro atoms. The van der Waals surface area contributed by atoms with Gasteiger partial charge in [-0.1, -0.05) is 43.7 Å². The number of hydrogen-bond donors (Lipinski definition) is 2. The summed E-state index contributed by atoms with van der Waals surface area (Å²) in [5, 5.41) is 0. The van der Waals surface area contributed by atoms with Crippen LogP contribution in [-0.4, -0.2) is 16.8 Å². The molecule has 6 nitrogen and oxygen atoms in total. The molecule has 0 heterocycles. The van der Waals surface area contributed by atoms with Gasteiger partial charge in [0.25, 0.3) is 20.0 Å². The van der Waals surface area contributed by atoms with Crippen molar-refractivity contribution in [2.75, 3.05) is 9.44 Å². The van der Waals surface area contributed by atoms with Gasteiger partial charge in [-0.3, -0.25) is 9.44 Å². The van der Waals surface area contributed by atoms with E-state index in [1.54, 1.807) is 12.1 Å². The summed E-state index contributed by atoms with van der Waals surface area (Å²) >= 11 is 0. The molecule has 0 radical (unpaired) electrons. The first-order valence-corrected chi connectivity index (χ1v) is 13.7. The lowest BCUT2D eigenvalue weighted by Crippen LogP contribution is -2.16. The van der Waals surface area contributed by atoms with Gasteiger partial charge in [-0.15, -0.1) is 0 Å². The van der Waals surface area contributed by atoms with E-state index in [1.807, 2.05) is 45.0 Å². The second-order valence-electron chi connectivity index (χ2n) is 8.75. The Labute approximate surface area is 197 Å². The highest BCUT2D eigenvalue weighted by Crippen LogP contribution is 2.26. The van der Waals surface area contributed by atoms with E-state index >= 15 is 0 Å². The van der Waals surface area contributed by atoms with Crippen molar-refractivity contribution in [2.24, 2.45) is 5.92 Å². The van der Waals surface area contributed by atoms with Crippen LogP contribution in [0.5, 0.6) is 0 Å². The van der Waals surface area contributed by atoms with Crippen LogP contribution in [0.15, 0.2) is 70.5 Å². The summed E-state index contributed by atoms with van der Waals surface area (Å²) in [4.78, 5) is 0.196. The molecule has 3 aromatic carbocycles. The van der Waals surface area contributed by atoms with Crippen LogP contribution < -0.4 is 9.44 Å². The van der Waals surface area contributed by atoms with E-state index in [0.29, 0.717) is 11.6 Å². The van der Waals surface area contributed by atoms with Gasteiger partial charge in [0.1, 0.15) is 0 Å². The van der Waals surface area contributed by atoms with E-state index in [9.17, 15) is 16.8 Å². The number of benzene rings is 3. The molecular formula is C25H30N2O4S2. The summed E-state index contributed by atoms with van der Waals surface area (Å²) in [6.45, 7) is 9.87. The second kappa shape index (κ2) is 9.57. The molecule has 0 aliphatic carbocycles. The van der Waals surface area contributed by atoms with E-state index in [2.05, 4.69) is 23.3 Å². The van der Waals surface area contributed by atoms with E-state index < -0.39 is 20.0 Å². The summed E-state index contributed by atoms with van der Waals surface area (Å²) in [5.41, 5.74) is 4.62. The van der Waals surface area contributed by atoms with Crippen LogP contribution in [-0.2, 0) is 26.5 Å². The van der Waals surface area contributed by atoms with Gasteiger partial charge in [-0.2, -0.15) is 0 Å². The molecule has 0 saturated heterocycles. The number of hydrogen-bond acceptors (Lipinski definition) is 4. The monoisotopic (exact) mass is 486 g/mol. The molecular weight excluding hydrogens is 456 g/mol. The van der Waals surface area contributed by atoms with Gasteiger partial charge in [0.05, 0.1) is 15.5 Å². The van der Waals surface area contributed by atoms with Gasteiger partial charge < -0.3 is 0 Å². The fraction of sp³-hybridized carbons (Fsp3) is 0.280. The lowest BCUT2D eigenvalue weighted by Gasteiger charge is -2.15. The quantitative estimate of drug-likeness (QED) is 0.445. The third-order valence-corrected chi connectivity index (χ3v) is 7.97. The largest absolute Gasteiger partial charge is 0.280 e. The number of aryl methyl sites for hydroxylation is 3. The fourth-order valence-electron chi connectivity index (χ4n) is 3.73. The topological polar surface area (TPSA) is 92.3 Å². The van der Waals surface area contributed by atoms with E-state index in [-0.39, 0.29) is 15.5 Å². The highest BCUT2D eigenvalue weighted by molar-refractivity contribution is 7.93. The zero-order valence-corrected chi connectivity index (χ0v) is 21.1. The lowest BCUT2D eigenvalue weighted by atomic mass is 10.0. The Hall–Kier alpha value is -2.84. The van der Waals surface area contributed by atoms with Gasteiger partial charge in [0.15, 0.2) is 0 Å². The Kier molecular flexibility index (Phi) is 7.19. The van der Waals surface area contributed by atoms with Crippen molar-refractivity contribution in [3.63, 3.8) is 0 Å². The molecule has 0 unspecified atom stereocenters. The summed E-state index contributed by atoms with van der Waals surface area (Å²) in [5.74, 6) is 0.480. The molecule has 176 valence electrons. The average Bonchev–Trinajstić information content (AvgIpc) is 2.71. The minimum atomic E-state index is -3.83. The maximum absolute atomic E-state index is 12.9. The molecule has 0 aliphatic heterocycles. The van der Waals surface area contributed by atoms with Crippen molar-refractivity contribution in [1.29, 1.82) is 0 Å². The molecule has 0 aliphatic rings. The Morgan fingerprint density at radius 1 is 0.697 bits per heavy atom. The van der Waals surface area contributed by atoms with Crippen LogP contribution in [0.4, 0.5) is 11.4 Å². The summed E-state index contributed by atoms with van der Waals surface area (Å²) < 4.78 is 56.3. The van der Waals surface area contributed by atoms with Gasteiger partial charge in [-0.05, 0) is 86.2 Å². The fourth-order valence-corrected chi connectivity index (χ4v) is 5.99. The predicted octanol–water partition coefficient (Wildman–Crippen LogP) is 5.41. The van der Waals surface area contributed by atoms with E-state index in [4.69, 9.17) is 0 Å². The first-order valence-electron chi connectivity index (χ1n) is 10.7. The normalized spacial score (nSPS) is 12.1. The Balaban J connectivity index is 1.77. The van der Waals surface area contributed by atoms with Gasteiger partial charge in [-0.25, -0.2) is 16.8 Å². The van der Waals surface area contributed by atoms with Crippen LogP contribution in [0, 0.1) is 26.7 Å². The maximum Gasteiger partial charge on any atom is 0.261 e. The van der Waals surface area contributed by atoms with Crippen LogP contribution in [0.25, 0.3) is 0 Å².